The Hall–Kier alpha value is -2.30. The Morgan fingerprint density at radius 2 is 1.41 bits per heavy atom. The van der Waals surface area contributed by atoms with Crippen LogP contribution in [0.2, 0.25) is 0 Å². The molecule has 0 unspecified atom stereocenters. The lowest BCUT2D eigenvalue weighted by Gasteiger charge is -2.32. The van der Waals surface area contributed by atoms with Gasteiger partial charge in [0.15, 0.2) is 0 Å². The van der Waals surface area contributed by atoms with Crippen molar-refractivity contribution in [3.8, 4) is 0 Å². The molecule has 0 saturated carbocycles. The van der Waals surface area contributed by atoms with Crippen molar-refractivity contribution in [2.75, 3.05) is 4.90 Å². The van der Waals surface area contributed by atoms with Gasteiger partial charge in [-0.15, -0.1) is 0 Å². The van der Waals surface area contributed by atoms with Crippen LogP contribution in [0.15, 0.2) is 79.0 Å². The van der Waals surface area contributed by atoms with Gasteiger partial charge in [0.25, 0.3) is 0 Å². The number of rotatable bonds is 5. The predicted octanol–water partition coefficient (Wildman–Crippen LogP) is 5.21. The van der Waals surface area contributed by atoms with Crippen LogP contribution in [-0.4, -0.2) is 18.3 Å². The normalized spacial score (nSPS) is 18.4. The van der Waals surface area contributed by atoms with Crippen molar-refractivity contribution >= 4 is 24.0 Å². The second-order valence-corrected chi connectivity index (χ2v) is 7.77. The Morgan fingerprint density at radius 3 is 1.89 bits per heavy atom. The molecule has 0 bridgehead atoms. The Morgan fingerprint density at radius 1 is 0.889 bits per heavy atom. The zero-order valence-electron chi connectivity index (χ0n) is 16.9. The van der Waals surface area contributed by atoms with Gasteiger partial charge < -0.3 is 14.2 Å². The van der Waals surface area contributed by atoms with Crippen LogP contribution < -0.4 is 10.4 Å². The largest absolute Gasteiger partial charge is 0.494 e. The molecule has 0 aliphatic carbocycles. The highest BCUT2D eigenvalue weighted by Crippen LogP contribution is 2.37. The second-order valence-electron chi connectivity index (χ2n) is 7.77. The first kappa shape index (κ1) is 19.5. The average Bonchev–Trinajstić information content (AvgIpc) is 2.88. The van der Waals surface area contributed by atoms with E-state index < -0.39 is 0 Å². The fraction of sp³-hybridized carbons (Fsp3) is 0.304. The summed E-state index contributed by atoms with van der Waals surface area (Å²) < 4.78 is 12.3. The van der Waals surface area contributed by atoms with E-state index in [0.717, 1.165) is 22.5 Å². The molecule has 0 atom stereocenters. The zero-order valence-corrected chi connectivity index (χ0v) is 16.9. The van der Waals surface area contributed by atoms with E-state index in [0.29, 0.717) is 0 Å². The van der Waals surface area contributed by atoms with Crippen LogP contribution in [0.3, 0.4) is 0 Å². The molecule has 1 saturated heterocycles. The molecule has 2 aromatic rings. The topological polar surface area (TPSA) is 21.7 Å². The molecular formula is C23H28BNO2. The van der Waals surface area contributed by atoms with Crippen LogP contribution in [0.4, 0.5) is 11.4 Å². The quantitative estimate of drug-likeness (QED) is 0.539. The molecule has 4 heteroatoms. The number of hydrogen-bond donors (Lipinski definition) is 0. The van der Waals surface area contributed by atoms with Crippen molar-refractivity contribution in [1.82, 2.24) is 0 Å². The van der Waals surface area contributed by atoms with E-state index in [9.17, 15) is 0 Å². The Labute approximate surface area is 163 Å². The molecule has 2 aromatic carbocycles. The highest BCUT2D eigenvalue weighted by Gasteiger charge is 2.51. The third-order valence-electron chi connectivity index (χ3n) is 5.45. The van der Waals surface area contributed by atoms with Crippen LogP contribution >= 0.6 is 0 Å². The van der Waals surface area contributed by atoms with Gasteiger partial charge in [0.2, 0.25) is 0 Å². The predicted molar refractivity (Wildman–Crippen MR) is 115 cm³/mol. The van der Waals surface area contributed by atoms with Gasteiger partial charge in [-0.25, -0.2) is 0 Å². The molecule has 0 aromatic heterocycles. The fourth-order valence-electron chi connectivity index (χ4n) is 3.12. The minimum atomic E-state index is -0.352. The summed E-state index contributed by atoms with van der Waals surface area (Å²) in [5, 5.41) is 0. The summed E-state index contributed by atoms with van der Waals surface area (Å²) >= 11 is 0. The van der Waals surface area contributed by atoms with Gasteiger partial charge in [0.05, 0.1) is 11.2 Å². The van der Waals surface area contributed by atoms with Gasteiger partial charge in [-0.05, 0) is 70.4 Å². The van der Waals surface area contributed by atoms with Crippen LogP contribution in [-0.2, 0) is 9.31 Å². The highest BCUT2D eigenvalue weighted by molar-refractivity contribution is 6.62. The van der Waals surface area contributed by atoms with E-state index in [4.69, 9.17) is 9.31 Å². The van der Waals surface area contributed by atoms with E-state index in [1.54, 1.807) is 0 Å². The smallest absolute Gasteiger partial charge is 0.399 e. The van der Waals surface area contributed by atoms with E-state index >= 15 is 0 Å². The van der Waals surface area contributed by atoms with Crippen LogP contribution in [0, 0.1) is 0 Å². The molecule has 3 nitrogen and oxygen atoms in total. The SMILES string of the molecule is C=C/C(=C\C)N(c1ccccc1)c1ccc(B2OC(C)(C)C(C)(C)O2)cc1. The summed E-state index contributed by atoms with van der Waals surface area (Å²) in [6.45, 7) is 14.3. The monoisotopic (exact) mass is 361 g/mol. The van der Waals surface area contributed by atoms with Gasteiger partial charge in [0, 0.05) is 17.1 Å². The molecular weight excluding hydrogens is 333 g/mol. The minimum absolute atomic E-state index is 0.340. The minimum Gasteiger partial charge on any atom is -0.399 e. The first-order chi connectivity index (χ1) is 12.8. The molecule has 0 radical (unpaired) electrons. The van der Waals surface area contributed by atoms with Gasteiger partial charge in [-0.3, -0.25) is 0 Å². The lowest BCUT2D eigenvalue weighted by atomic mass is 9.79. The number of anilines is 2. The molecule has 1 fully saturated rings. The van der Waals surface area contributed by atoms with Gasteiger partial charge >= 0.3 is 7.12 Å². The molecule has 0 amide bonds. The van der Waals surface area contributed by atoms with Crippen LogP contribution in [0.1, 0.15) is 34.6 Å². The fourth-order valence-corrected chi connectivity index (χ4v) is 3.12. The number of para-hydroxylation sites is 1. The summed E-state index contributed by atoms with van der Waals surface area (Å²) in [5.74, 6) is 0. The molecule has 0 spiro atoms. The second kappa shape index (κ2) is 7.38. The van der Waals surface area contributed by atoms with Crippen molar-refractivity contribution in [2.24, 2.45) is 0 Å². The lowest BCUT2D eigenvalue weighted by Crippen LogP contribution is -2.41. The summed E-state index contributed by atoms with van der Waals surface area (Å²) in [4.78, 5) is 2.18. The van der Waals surface area contributed by atoms with E-state index in [1.165, 1.54) is 0 Å². The van der Waals surface area contributed by atoms with Crippen molar-refractivity contribution in [3.63, 3.8) is 0 Å². The Bertz CT molecular complexity index is 809. The zero-order chi connectivity index (χ0) is 19.7. The number of allylic oxidation sites excluding steroid dienone is 2. The van der Waals surface area contributed by atoms with Crippen molar-refractivity contribution in [1.29, 1.82) is 0 Å². The summed E-state index contributed by atoms with van der Waals surface area (Å²) in [6, 6.07) is 18.6. The van der Waals surface area contributed by atoms with E-state index in [2.05, 4.69) is 81.6 Å². The number of nitrogens with zero attached hydrogens (tertiary/aromatic N) is 1. The molecule has 1 aliphatic heterocycles. The maximum absolute atomic E-state index is 6.16. The number of benzene rings is 2. The standard InChI is InChI=1S/C23H28BNO2/c1-7-19(8-2)25(20-12-10-9-11-13-20)21-16-14-18(15-17-21)24-26-22(3,4)23(5,6)27-24/h7-17H,1H2,2-6H3/b19-8+. The molecule has 1 heterocycles. The Kier molecular flexibility index (Phi) is 5.32. The molecule has 27 heavy (non-hydrogen) atoms. The molecule has 1 aliphatic rings. The summed E-state index contributed by atoms with van der Waals surface area (Å²) in [7, 11) is -0.352. The third kappa shape index (κ3) is 3.73. The average molecular weight is 361 g/mol. The molecule has 3 rings (SSSR count). The summed E-state index contributed by atoms with van der Waals surface area (Å²) in [5.41, 5.74) is 3.53. The van der Waals surface area contributed by atoms with Crippen LogP contribution in [0.5, 0.6) is 0 Å². The highest BCUT2D eigenvalue weighted by atomic mass is 16.7. The van der Waals surface area contributed by atoms with Crippen molar-refractivity contribution in [2.45, 2.75) is 45.8 Å². The maximum Gasteiger partial charge on any atom is 0.494 e. The van der Waals surface area contributed by atoms with E-state index in [1.807, 2.05) is 31.2 Å². The molecule has 140 valence electrons. The molecule has 0 N–H and O–H groups in total. The van der Waals surface area contributed by atoms with Crippen LogP contribution in [0.25, 0.3) is 0 Å². The van der Waals surface area contributed by atoms with Gasteiger partial charge in [-0.1, -0.05) is 43.0 Å². The van der Waals surface area contributed by atoms with Crippen molar-refractivity contribution < 1.29 is 9.31 Å². The Balaban J connectivity index is 1.92. The van der Waals surface area contributed by atoms with Gasteiger partial charge in [-0.2, -0.15) is 0 Å². The lowest BCUT2D eigenvalue weighted by molar-refractivity contribution is 0.00578. The summed E-state index contributed by atoms with van der Waals surface area (Å²) in [6.07, 6.45) is 3.93. The first-order valence-corrected chi connectivity index (χ1v) is 9.38. The van der Waals surface area contributed by atoms with Gasteiger partial charge in [0.1, 0.15) is 0 Å². The van der Waals surface area contributed by atoms with E-state index in [-0.39, 0.29) is 18.3 Å². The number of hydrogen-bond acceptors (Lipinski definition) is 3. The first-order valence-electron chi connectivity index (χ1n) is 9.38. The maximum atomic E-state index is 6.16. The van der Waals surface area contributed by atoms with Crippen molar-refractivity contribution in [3.05, 3.63) is 79.0 Å². The third-order valence-corrected chi connectivity index (χ3v) is 5.45.